The van der Waals surface area contributed by atoms with Crippen molar-refractivity contribution in [3.63, 3.8) is 0 Å². The van der Waals surface area contributed by atoms with Crippen LogP contribution in [0.25, 0.3) is 0 Å². The third kappa shape index (κ3) is 2.49. The van der Waals surface area contributed by atoms with E-state index < -0.39 is 27.9 Å². The highest BCUT2D eigenvalue weighted by atomic mass is 32.2. The molecular formula is C14H15F2N3O2S. The molecule has 2 fully saturated rings. The lowest BCUT2D eigenvalue weighted by molar-refractivity contribution is 0.222. The van der Waals surface area contributed by atoms with Crippen LogP contribution in [0.3, 0.4) is 0 Å². The fourth-order valence-corrected chi connectivity index (χ4v) is 4.89. The molecule has 5 nitrogen and oxygen atoms in total. The third-order valence-corrected chi connectivity index (χ3v) is 6.15. The summed E-state index contributed by atoms with van der Waals surface area (Å²) in [6.45, 7) is 0.595. The van der Waals surface area contributed by atoms with E-state index in [4.69, 9.17) is 5.26 Å². The summed E-state index contributed by atoms with van der Waals surface area (Å²) in [7, 11) is -3.75. The van der Waals surface area contributed by atoms with Gasteiger partial charge in [0.1, 0.15) is 11.6 Å². The molecule has 0 spiro atoms. The Balaban J connectivity index is 1.88. The number of hydrogen-bond acceptors (Lipinski definition) is 3. The van der Waals surface area contributed by atoms with Crippen molar-refractivity contribution in [2.24, 2.45) is 5.92 Å². The second kappa shape index (κ2) is 5.57. The average Bonchev–Trinajstić information content (AvgIpc) is 2.90. The van der Waals surface area contributed by atoms with Crippen molar-refractivity contribution in [1.82, 2.24) is 8.61 Å². The van der Waals surface area contributed by atoms with Crippen LogP contribution >= 0.6 is 0 Å². The van der Waals surface area contributed by atoms with Crippen molar-refractivity contribution in [3.8, 4) is 6.07 Å². The molecular weight excluding hydrogens is 312 g/mol. The minimum Gasteiger partial charge on any atom is -0.207 e. The highest BCUT2D eigenvalue weighted by Gasteiger charge is 2.44. The Hall–Kier alpha value is -1.56. The molecule has 0 saturated carbocycles. The maximum absolute atomic E-state index is 14.0. The molecule has 118 valence electrons. The van der Waals surface area contributed by atoms with Crippen molar-refractivity contribution in [3.05, 3.63) is 35.4 Å². The van der Waals surface area contributed by atoms with Gasteiger partial charge in [-0.3, -0.25) is 0 Å². The number of benzene rings is 1. The first-order valence-corrected chi connectivity index (χ1v) is 8.44. The van der Waals surface area contributed by atoms with E-state index in [1.54, 1.807) is 0 Å². The summed E-state index contributed by atoms with van der Waals surface area (Å²) in [5.74, 6) is -1.48. The van der Waals surface area contributed by atoms with E-state index in [0.717, 1.165) is 18.2 Å². The van der Waals surface area contributed by atoms with Crippen LogP contribution in [0.1, 0.15) is 24.4 Å². The summed E-state index contributed by atoms with van der Waals surface area (Å²) < 4.78 is 54.9. The quantitative estimate of drug-likeness (QED) is 0.850. The molecule has 1 atom stereocenters. The Morgan fingerprint density at radius 2 is 2.00 bits per heavy atom. The normalized spacial score (nSPS) is 24.1. The van der Waals surface area contributed by atoms with Gasteiger partial charge in [0.2, 0.25) is 0 Å². The molecule has 22 heavy (non-hydrogen) atoms. The lowest BCUT2D eigenvalue weighted by atomic mass is 10.0. The summed E-state index contributed by atoms with van der Waals surface area (Å²) in [4.78, 5) is 0. The first kappa shape index (κ1) is 15.3. The van der Waals surface area contributed by atoms with E-state index in [1.807, 2.05) is 6.07 Å². The first-order valence-electron chi connectivity index (χ1n) is 7.05. The van der Waals surface area contributed by atoms with Gasteiger partial charge in [0.05, 0.1) is 18.0 Å². The number of nitriles is 1. The van der Waals surface area contributed by atoms with Crippen molar-refractivity contribution in [1.29, 1.82) is 5.26 Å². The zero-order valence-electron chi connectivity index (χ0n) is 11.7. The molecule has 3 rings (SSSR count). The molecule has 2 aliphatic heterocycles. The van der Waals surface area contributed by atoms with Gasteiger partial charge in [-0.2, -0.15) is 22.3 Å². The zero-order valence-corrected chi connectivity index (χ0v) is 12.6. The summed E-state index contributed by atoms with van der Waals surface area (Å²) in [6, 6.07) is 4.41. The van der Waals surface area contributed by atoms with E-state index in [9.17, 15) is 17.2 Å². The molecule has 0 aliphatic carbocycles. The molecule has 0 aromatic heterocycles. The average molecular weight is 327 g/mol. The summed E-state index contributed by atoms with van der Waals surface area (Å²) in [6.07, 6.45) is 1.05. The Kier molecular flexibility index (Phi) is 3.89. The number of nitrogens with zero attached hydrogens (tertiary/aromatic N) is 3. The zero-order chi connectivity index (χ0) is 15.9. The Bertz CT molecular complexity index is 726. The monoisotopic (exact) mass is 327 g/mol. The lowest BCUT2D eigenvalue weighted by Crippen LogP contribution is -2.54. The van der Waals surface area contributed by atoms with Crippen LogP contribution in [-0.2, 0) is 10.2 Å². The van der Waals surface area contributed by atoms with E-state index in [-0.39, 0.29) is 31.1 Å². The molecule has 1 aromatic rings. The molecule has 2 aliphatic rings. The van der Waals surface area contributed by atoms with Gasteiger partial charge in [-0.05, 0) is 31.0 Å². The van der Waals surface area contributed by atoms with Gasteiger partial charge in [0, 0.05) is 25.2 Å². The minimum absolute atomic E-state index is 0.0680. The van der Waals surface area contributed by atoms with Gasteiger partial charge < -0.3 is 0 Å². The SMILES string of the molecule is N#CC1CN(S(=O)(=O)N2CCCC2c2cc(F)ccc2F)C1. The maximum Gasteiger partial charge on any atom is 0.282 e. The smallest absolute Gasteiger partial charge is 0.207 e. The van der Waals surface area contributed by atoms with Gasteiger partial charge in [0.25, 0.3) is 10.2 Å². The molecule has 1 unspecified atom stereocenters. The van der Waals surface area contributed by atoms with Gasteiger partial charge in [-0.1, -0.05) is 0 Å². The van der Waals surface area contributed by atoms with Crippen molar-refractivity contribution in [2.75, 3.05) is 19.6 Å². The highest BCUT2D eigenvalue weighted by Crippen LogP contribution is 2.38. The van der Waals surface area contributed by atoms with Crippen molar-refractivity contribution >= 4 is 10.2 Å². The fraction of sp³-hybridized carbons (Fsp3) is 0.500. The third-order valence-electron chi connectivity index (χ3n) is 4.17. The summed E-state index contributed by atoms with van der Waals surface area (Å²) in [5, 5.41) is 8.76. The topological polar surface area (TPSA) is 64.4 Å². The molecule has 0 amide bonds. The Morgan fingerprint density at radius 3 is 2.68 bits per heavy atom. The van der Waals surface area contributed by atoms with Crippen LogP contribution < -0.4 is 0 Å². The molecule has 0 radical (unpaired) electrons. The predicted octanol–water partition coefficient (Wildman–Crippen LogP) is 1.80. The number of halogens is 2. The van der Waals surface area contributed by atoms with Crippen LogP contribution in [0.5, 0.6) is 0 Å². The van der Waals surface area contributed by atoms with Crippen LogP contribution in [0.4, 0.5) is 8.78 Å². The van der Waals surface area contributed by atoms with Gasteiger partial charge >= 0.3 is 0 Å². The summed E-state index contributed by atoms with van der Waals surface area (Å²) in [5.41, 5.74) is 0.0680. The first-order chi connectivity index (χ1) is 10.4. The van der Waals surface area contributed by atoms with E-state index in [0.29, 0.717) is 12.8 Å². The second-order valence-electron chi connectivity index (χ2n) is 5.59. The lowest BCUT2D eigenvalue weighted by Gasteiger charge is -2.38. The predicted molar refractivity (Wildman–Crippen MR) is 74.6 cm³/mol. The molecule has 0 bridgehead atoms. The van der Waals surface area contributed by atoms with Gasteiger partial charge in [-0.15, -0.1) is 0 Å². The van der Waals surface area contributed by atoms with E-state index in [2.05, 4.69) is 0 Å². The molecule has 1 aromatic carbocycles. The van der Waals surface area contributed by atoms with Crippen LogP contribution in [-0.4, -0.2) is 36.7 Å². The standard InChI is InChI=1S/C14H15F2N3O2S/c15-11-3-4-13(16)12(6-11)14-2-1-5-19(14)22(20,21)18-8-10(7-17)9-18/h3-4,6,10,14H,1-2,5,8-9H2. The van der Waals surface area contributed by atoms with Crippen molar-refractivity contribution in [2.45, 2.75) is 18.9 Å². The molecule has 2 heterocycles. The van der Waals surface area contributed by atoms with Gasteiger partial charge in [0.15, 0.2) is 0 Å². The Labute approximate surface area is 127 Å². The maximum atomic E-state index is 14.0. The molecule has 0 N–H and O–H groups in total. The molecule has 8 heteroatoms. The summed E-state index contributed by atoms with van der Waals surface area (Å²) >= 11 is 0. The van der Waals surface area contributed by atoms with Crippen LogP contribution in [0.15, 0.2) is 18.2 Å². The fourth-order valence-electron chi connectivity index (χ4n) is 2.95. The largest absolute Gasteiger partial charge is 0.282 e. The minimum atomic E-state index is -3.75. The van der Waals surface area contributed by atoms with E-state index >= 15 is 0 Å². The van der Waals surface area contributed by atoms with E-state index in [1.165, 1.54) is 8.61 Å². The van der Waals surface area contributed by atoms with Crippen molar-refractivity contribution < 1.29 is 17.2 Å². The number of hydrogen-bond donors (Lipinski definition) is 0. The van der Waals surface area contributed by atoms with Crippen LogP contribution in [0, 0.1) is 28.9 Å². The Morgan fingerprint density at radius 1 is 1.27 bits per heavy atom. The second-order valence-corrected chi connectivity index (χ2v) is 7.47. The number of rotatable bonds is 3. The molecule has 2 saturated heterocycles. The highest BCUT2D eigenvalue weighted by molar-refractivity contribution is 7.86. The van der Waals surface area contributed by atoms with Gasteiger partial charge in [-0.25, -0.2) is 8.78 Å². The van der Waals surface area contributed by atoms with Crippen LogP contribution in [0.2, 0.25) is 0 Å².